The summed E-state index contributed by atoms with van der Waals surface area (Å²) >= 11 is 0. The number of halogens is 3. The number of rotatable bonds is 5. The molecule has 0 heterocycles. The molecule has 6 nitrogen and oxygen atoms in total. The number of hydrogen-bond acceptors (Lipinski definition) is 5. The number of phenols is 1. The Morgan fingerprint density at radius 1 is 1.32 bits per heavy atom. The molecule has 2 aromatic carbocycles. The van der Waals surface area contributed by atoms with Crippen molar-refractivity contribution in [1.82, 2.24) is 0 Å². The van der Waals surface area contributed by atoms with Gasteiger partial charge >= 0.3 is 6.18 Å². The maximum absolute atomic E-state index is 12.7. The van der Waals surface area contributed by atoms with Crippen LogP contribution in [0.4, 0.5) is 24.5 Å². The summed E-state index contributed by atoms with van der Waals surface area (Å²) in [6.45, 7) is 1.80. The Balaban J connectivity index is 2.42. The summed E-state index contributed by atoms with van der Waals surface area (Å²) in [7, 11) is 0. The molecule has 0 unspecified atom stereocenters. The summed E-state index contributed by atoms with van der Waals surface area (Å²) in [5, 5.41) is 21.0. The Hall–Kier alpha value is -3.10. The number of benzene rings is 2. The van der Waals surface area contributed by atoms with Crippen molar-refractivity contribution in [3.63, 3.8) is 0 Å². The highest BCUT2D eigenvalue weighted by Crippen LogP contribution is 2.35. The molecule has 0 aliphatic heterocycles. The third kappa shape index (κ3) is 4.46. The molecule has 1 N–H and O–H groups in total. The molecular formula is C16H13F3N2O4. The first kappa shape index (κ1) is 18.2. The number of nitrogens with zero attached hydrogens (tertiary/aromatic N) is 2. The Morgan fingerprint density at radius 2 is 2.04 bits per heavy atom. The highest BCUT2D eigenvalue weighted by atomic mass is 19.4. The van der Waals surface area contributed by atoms with Gasteiger partial charge in [-0.25, -0.2) is 0 Å². The maximum atomic E-state index is 12.7. The molecule has 0 atom stereocenters. The number of ether oxygens (including phenoxy) is 1. The van der Waals surface area contributed by atoms with Crippen molar-refractivity contribution in [3.05, 3.63) is 57.6 Å². The first-order valence-corrected chi connectivity index (χ1v) is 7.08. The van der Waals surface area contributed by atoms with Gasteiger partial charge in [-0.3, -0.25) is 15.1 Å². The van der Waals surface area contributed by atoms with E-state index in [1.165, 1.54) is 12.1 Å². The van der Waals surface area contributed by atoms with Crippen molar-refractivity contribution in [3.8, 4) is 11.5 Å². The van der Waals surface area contributed by atoms with Gasteiger partial charge < -0.3 is 9.84 Å². The number of nitro groups is 1. The summed E-state index contributed by atoms with van der Waals surface area (Å²) in [5.41, 5.74) is -1.28. The van der Waals surface area contributed by atoms with Crippen molar-refractivity contribution in [2.45, 2.75) is 13.1 Å². The van der Waals surface area contributed by atoms with E-state index in [0.29, 0.717) is 0 Å². The van der Waals surface area contributed by atoms with Crippen molar-refractivity contribution in [1.29, 1.82) is 0 Å². The Labute approximate surface area is 140 Å². The van der Waals surface area contributed by atoms with Crippen LogP contribution in [0.15, 0.2) is 41.4 Å². The standard InChI is InChI=1S/C16H13F3N2O4/c1-2-25-14-8-13(21(23)24)6-10(15(14)22)9-20-12-5-3-4-11(7-12)16(17,18)19/h3-9,22H,2H2,1H3. The van der Waals surface area contributed by atoms with Gasteiger partial charge in [0.15, 0.2) is 11.5 Å². The predicted molar refractivity (Wildman–Crippen MR) is 84.6 cm³/mol. The van der Waals surface area contributed by atoms with Gasteiger partial charge in [-0.15, -0.1) is 0 Å². The van der Waals surface area contributed by atoms with Gasteiger partial charge in [-0.1, -0.05) is 6.07 Å². The molecule has 0 aliphatic carbocycles. The van der Waals surface area contributed by atoms with E-state index >= 15 is 0 Å². The van der Waals surface area contributed by atoms with E-state index in [9.17, 15) is 28.4 Å². The van der Waals surface area contributed by atoms with Gasteiger partial charge in [0, 0.05) is 17.8 Å². The second-order valence-corrected chi connectivity index (χ2v) is 4.88. The Kier molecular flexibility index (Phi) is 5.26. The summed E-state index contributed by atoms with van der Waals surface area (Å²) in [6, 6.07) is 6.36. The Bertz CT molecular complexity index is 820. The van der Waals surface area contributed by atoms with Crippen molar-refractivity contribution >= 4 is 17.6 Å². The molecule has 0 saturated carbocycles. The summed E-state index contributed by atoms with van der Waals surface area (Å²) < 4.78 is 43.2. The summed E-state index contributed by atoms with van der Waals surface area (Å²) in [6.07, 6.45) is -3.47. The fourth-order valence-electron chi connectivity index (χ4n) is 1.99. The number of nitro benzene ring substituents is 1. The van der Waals surface area contributed by atoms with E-state index in [2.05, 4.69) is 4.99 Å². The van der Waals surface area contributed by atoms with E-state index in [1.807, 2.05) is 0 Å². The molecule has 0 aromatic heterocycles. The molecule has 2 aromatic rings. The average Bonchev–Trinajstić information content (AvgIpc) is 2.55. The van der Waals surface area contributed by atoms with Crippen molar-refractivity contribution in [2.75, 3.05) is 6.61 Å². The van der Waals surface area contributed by atoms with Gasteiger partial charge in [0.1, 0.15) is 0 Å². The SMILES string of the molecule is CCOc1cc([N+](=O)[O-])cc(C=Nc2cccc(C(F)(F)F)c2)c1O. The lowest BCUT2D eigenvalue weighted by atomic mass is 10.1. The van der Waals surface area contributed by atoms with E-state index < -0.39 is 16.7 Å². The number of phenolic OH excluding ortho intramolecular Hbond substituents is 1. The number of aliphatic imine (C=N–C) groups is 1. The van der Waals surface area contributed by atoms with Crippen LogP contribution in [0.25, 0.3) is 0 Å². The molecule has 25 heavy (non-hydrogen) atoms. The predicted octanol–water partition coefficient (Wildman–Crippen LogP) is 4.47. The fourth-order valence-corrected chi connectivity index (χ4v) is 1.99. The lowest BCUT2D eigenvalue weighted by Gasteiger charge is -2.08. The number of hydrogen-bond donors (Lipinski definition) is 1. The van der Waals surface area contributed by atoms with Crippen LogP contribution in [0.2, 0.25) is 0 Å². The minimum Gasteiger partial charge on any atom is -0.504 e. The van der Waals surface area contributed by atoms with E-state index in [0.717, 1.165) is 30.5 Å². The summed E-state index contributed by atoms with van der Waals surface area (Å²) in [5.74, 6) is -0.495. The minimum atomic E-state index is -4.51. The van der Waals surface area contributed by atoms with Gasteiger partial charge in [-0.2, -0.15) is 13.2 Å². The lowest BCUT2D eigenvalue weighted by molar-refractivity contribution is -0.385. The van der Waals surface area contributed by atoms with E-state index in [1.54, 1.807) is 6.92 Å². The monoisotopic (exact) mass is 354 g/mol. The molecule has 2 rings (SSSR count). The molecule has 0 bridgehead atoms. The number of alkyl halides is 3. The highest BCUT2D eigenvalue weighted by molar-refractivity contribution is 5.88. The van der Waals surface area contributed by atoms with Crippen molar-refractivity contribution < 1.29 is 27.9 Å². The molecule has 132 valence electrons. The van der Waals surface area contributed by atoms with Gasteiger partial charge in [-0.05, 0) is 25.1 Å². The van der Waals surface area contributed by atoms with Crippen LogP contribution >= 0.6 is 0 Å². The van der Waals surface area contributed by atoms with Crippen molar-refractivity contribution in [2.24, 2.45) is 4.99 Å². The maximum Gasteiger partial charge on any atom is 0.416 e. The zero-order valence-electron chi connectivity index (χ0n) is 12.9. The molecular weight excluding hydrogens is 341 g/mol. The highest BCUT2D eigenvalue weighted by Gasteiger charge is 2.30. The molecule has 0 aliphatic rings. The second-order valence-electron chi connectivity index (χ2n) is 4.88. The van der Waals surface area contributed by atoms with Gasteiger partial charge in [0.2, 0.25) is 0 Å². The van der Waals surface area contributed by atoms with Crippen LogP contribution < -0.4 is 4.74 Å². The topological polar surface area (TPSA) is 85.0 Å². The van der Waals surface area contributed by atoms with E-state index in [4.69, 9.17) is 4.74 Å². The van der Waals surface area contributed by atoms with Crippen LogP contribution in [0.3, 0.4) is 0 Å². The molecule has 0 saturated heterocycles. The zero-order chi connectivity index (χ0) is 18.6. The molecule has 0 radical (unpaired) electrons. The van der Waals surface area contributed by atoms with Crippen LogP contribution in [0.5, 0.6) is 11.5 Å². The van der Waals surface area contributed by atoms with Crippen LogP contribution in [0.1, 0.15) is 18.1 Å². The van der Waals surface area contributed by atoms with Gasteiger partial charge in [0.05, 0.1) is 28.8 Å². The summed E-state index contributed by atoms with van der Waals surface area (Å²) in [4.78, 5) is 14.1. The minimum absolute atomic E-state index is 0.0151. The number of aromatic hydroxyl groups is 1. The molecule has 9 heteroatoms. The fraction of sp³-hybridized carbons (Fsp3) is 0.188. The Morgan fingerprint density at radius 3 is 2.64 bits per heavy atom. The molecule has 0 amide bonds. The first-order chi connectivity index (χ1) is 11.7. The van der Waals surface area contributed by atoms with Gasteiger partial charge in [0.25, 0.3) is 5.69 Å². The zero-order valence-corrected chi connectivity index (χ0v) is 12.9. The third-order valence-corrected chi connectivity index (χ3v) is 3.13. The second kappa shape index (κ2) is 7.20. The smallest absolute Gasteiger partial charge is 0.416 e. The van der Waals surface area contributed by atoms with Crippen LogP contribution in [0, 0.1) is 10.1 Å². The average molecular weight is 354 g/mol. The van der Waals surface area contributed by atoms with Crippen LogP contribution in [-0.2, 0) is 6.18 Å². The molecule has 0 spiro atoms. The van der Waals surface area contributed by atoms with E-state index in [-0.39, 0.29) is 35.0 Å². The molecule has 0 fully saturated rings. The normalized spacial score (nSPS) is 11.7. The van der Waals surface area contributed by atoms with Crippen LogP contribution in [-0.4, -0.2) is 22.9 Å². The lowest BCUT2D eigenvalue weighted by Crippen LogP contribution is -2.03. The first-order valence-electron chi connectivity index (χ1n) is 7.08. The quantitative estimate of drug-likeness (QED) is 0.488. The largest absolute Gasteiger partial charge is 0.504 e. The number of non-ortho nitro benzene ring substituents is 1. The third-order valence-electron chi connectivity index (χ3n) is 3.13.